The number of carbonyl (C=O) groups is 1. The van der Waals surface area contributed by atoms with Gasteiger partial charge in [0.1, 0.15) is 5.82 Å². The minimum atomic E-state index is -0.331. The molecule has 1 saturated carbocycles. The molecule has 1 N–H and O–H groups in total. The van der Waals surface area contributed by atoms with Crippen molar-refractivity contribution < 1.29 is 9.18 Å². The molecule has 0 atom stereocenters. The Kier molecular flexibility index (Phi) is 4.81. The maximum Gasteiger partial charge on any atom is 0.346 e. The lowest BCUT2D eigenvalue weighted by Crippen LogP contribution is -2.32. The van der Waals surface area contributed by atoms with Gasteiger partial charge in [0.25, 0.3) is 5.91 Å². The Labute approximate surface area is 161 Å². The molecule has 0 spiro atoms. The topological polar surface area (TPSA) is 68.9 Å². The van der Waals surface area contributed by atoms with Crippen molar-refractivity contribution in [3.8, 4) is 11.4 Å². The summed E-state index contributed by atoms with van der Waals surface area (Å²) in [6.45, 7) is 2.52. The smallest absolute Gasteiger partial charge is 0.346 e. The number of carbonyl (C=O) groups excluding carboxylic acids is 1. The van der Waals surface area contributed by atoms with E-state index in [1.165, 1.54) is 16.8 Å². The Morgan fingerprint density at radius 2 is 1.82 bits per heavy atom. The van der Waals surface area contributed by atoms with Gasteiger partial charge in [0.15, 0.2) is 5.82 Å². The van der Waals surface area contributed by atoms with Crippen molar-refractivity contribution in [1.82, 2.24) is 19.7 Å². The molecular weight excluding hydrogens is 359 g/mol. The van der Waals surface area contributed by atoms with E-state index in [4.69, 9.17) is 0 Å². The molecule has 144 valence electrons. The van der Waals surface area contributed by atoms with Crippen molar-refractivity contribution in [3.05, 3.63) is 76.0 Å². The first-order valence-electron chi connectivity index (χ1n) is 9.33. The van der Waals surface area contributed by atoms with E-state index in [1.807, 2.05) is 19.1 Å². The third-order valence-corrected chi connectivity index (χ3v) is 4.81. The lowest BCUT2D eigenvalue weighted by atomic mass is 10.1. The molecule has 2 aromatic carbocycles. The molecule has 1 aliphatic rings. The maximum absolute atomic E-state index is 13.2. The highest BCUT2D eigenvalue weighted by Crippen LogP contribution is 2.36. The SMILES string of the molecule is Cc1ccc(C(=O)NCCn2nc(-c3ccc(F)cc3)n(C3CC3)c2=O)cc1. The van der Waals surface area contributed by atoms with Gasteiger partial charge >= 0.3 is 5.69 Å². The van der Waals surface area contributed by atoms with Crippen LogP contribution in [-0.2, 0) is 6.54 Å². The highest BCUT2D eigenvalue weighted by atomic mass is 19.1. The monoisotopic (exact) mass is 380 g/mol. The van der Waals surface area contributed by atoms with Crippen molar-refractivity contribution in [3.63, 3.8) is 0 Å². The normalized spacial score (nSPS) is 13.5. The van der Waals surface area contributed by atoms with E-state index in [0.29, 0.717) is 17.0 Å². The summed E-state index contributed by atoms with van der Waals surface area (Å²) in [6.07, 6.45) is 1.87. The van der Waals surface area contributed by atoms with Crippen molar-refractivity contribution in [1.29, 1.82) is 0 Å². The van der Waals surface area contributed by atoms with Gasteiger partial charge in [-0.25, -0.2) is 13.9 Å². The Bertz CT molecular complexity index is 1050. The van der Waals surface area contributed by atoms with E-state index in [9.17, 15) is 14.0 Å². The van der Waals surface area contributed by atoms with Gasteiger partial charge in [0.2, 0.25) is 0 Å². The summed E-state index contributed by atoms with van der Waals surface area (Å²) >= 11 is 0. The van der Waals surface area contributed by atoms with Crippen LogP contribution in [0.4, 0.5) is 4.39 Å². The van der Waals surface area contributed by atoms with E-state index in [1.54, 1.807) is 28.8 Å². The Hall–Kier alpha value is -3.22. The molecule has 0 bridgehead atoms. The first kappa shape index (κ1) is 18.2. The summed E-state index contributed by atoms with van der Waals surface area (Å²) in [4.78, 5) is 25.0. The summed E-state index contributed by atoms with van der Waals surface area (Å²) in [5.41, 5.74) is 2.16. The van der Waals surface area contributed by atoms with Crippen molar-refractivity contribution in [2.75, 3.05) is 6.54 Å². The van der Waals surface area contributed by atoms with Crippen LogP contribution in [0.2, 0.25) is 0 Å². The molecule has 1 aliphatic carbocycles. The largest absolute Gasteiger partial charge is 0.350 e. The average molecular weight is 380 g/mol. The minimum Gasteiger partial charge on any atom is -0.350 e. The molecule has 0 aliphatic heterocycles. The van der Waals surface area contributed by atoms with Crippen molar-refractivity contribution in [2.24, 2.45) is 0 Å². The van der Waals surface area contributed by atoms with Gasteiger partial charge in [-0.15, -0.1) is 5.10 Å². The van der Waals surface area contributed by atoms with Crippen molar-refractivity contribution >= 4 is 5.91 Å². The highest BCUT2D eigenvalue weighted by Gasteiger charge is 2.30. The summed E-state index contributed by atoms with van der Waals surface area (Å²) < 4.78 is 16.3. The average Bonchev–Trinajstić information content (AvgIpc) is 3.47. The molecule has 0 saturated heterocycles. The first-order valence-corrected chi connectivity index (χ1v) is 9.33. The molecule has 1 aromatic heterocycles. The van der Waals surface area contributed by atoms with Gasteiger partial charge < -0.3 is 5.32 Å². The number of nitrogens with zero attached hydrogens (tertiary/aromatic N) is 3. The number of amides is 1. The molecule has 6 nitrogen and oxygen atoms in total. The van der Waals surface area contributed by atoms with Crippen LogP contribution in [0.3, 0.4) is 0 Å². The second-order valence-corrected chi connectivity index (χ2v) is 7.06. The van der Waals surface area contributed by atoms with E-state index in [2.05, 4.69) is 10.4 Å². The van der Waals surface area contributed by atoms with Gasteiger partial charge in [-0.1, -0.05) is 17.7 Å². The van der Waals surface area contributed by atoms with Gasteiger partial charge in [-0.05, 0) is 56.2 Å². The zero-order valence-corrected chi connectivity index (χ0v) is 15.6. The molecule has 0 radical (unpaired) electrons. The van der Waals surface area contributed by atoms with Crippen LogP contribution in [0.1, 0.15) is 34.8 Å². The molecule has 1 amide bonds. The van der Waals surface area contributed by atoms with E-state index in [-0.39, 0.29) is 36.5 Å². The second kappa shape index (κ2) is 7.42. The third kappa shape index (κ3) is 3.74. The van der Waals surface area contributed by atoms with E-state index < -0.39 is 0 Å². The fraction of sp³-hybridized carbons (Fsp3) is 0.286. The summed E-state index contributed by atoms with van der Waals surface area (Å²) in [7, 11) is 0. The predicted molar refractivity (Wildman–Crippen MR) is 104 cm³/mol. The van der Waals surface area contributed by atoms with Gasteiger partial charge in [0.05, 0.1) is 6.54 Å². The lowest BCUT2D eigenvalue weighted by Gasteiger charge is -2.05. The van der Waals surface area contributed by atoms with E-state index in [0.717, 1.165) is 18.4 Å². The summed E-state index contributed by atoms with van der Waals surface area (Å²) in [5.74, 6) is 0.0214. The molecule has 0 unspecified atom stereocenters. The number of benzene rings is 2. The van der Waals surface area contributed by atoms with Crippen LogP contribution in [0.15, 0.2) is 53.3 Å². The molecule has 4 rings (SSSR count). The van der Waals surface area contributed by atoms with Crippen LogP contribution in [0.5, 0.6) is 0 Å². The standard InChI is InChI=1S/C21H21FN4O2/c1-14-2-4-16(5-3-14)20(27)23-12-13-25-21(28)26(18-10-11-18)19(24-25)15-6-8-17(22)9-7-15/h2-9,18H,10-13H2,1H3,(H,23,27). The van der Waals surface area contributed by atoms with Crippen LogP contribution < -0.4 is 11.0 Å². The van der Waals surface area contributed by atoms with E-state index >= 15 is 0 Å². The van der Waals surface area contributed by atoms with Crippen LogP contribution in [0.25, 0.3) is 11.4 Å². The zero-order valence-electron chi connectivity index (χ0n) is 15.6. The van der Waals surface area contributed by atoms with Gasteiger partial charge in [-0.2, -0.15) is 0 Å². The zero-order chi connectivity index (χ0) is 19.7. The fourth-order valence-electron chi connectivity index (χ4n) is 3.11. The highest BCUT2D eigenvalue weighted by molar-refractivity contribution is 5.94. The van der Waals surface area contributed by atoms with Gasteiger partial charge in [-0.3, -0.25) is 9.36 Å². The number of hydrogen-bond acceptors (Lipinski definition) is 3. The van der Waals surface area contributed by atoms with Crippen LogP contribution >= 0.6 is 0 Å². The number of halogens is 1. The Morgan fingerprint density at radius 3 is 2.46 bits per heavy atom. The number of nitrogens with one attached hydrogen (secondary N) is 1. The van der Waals surface area contributed by atoms with Gasteiger partial charge in [0, 0.05) is 23.7 Å². The first-order chi connectivity index (χ1) is 13.5. The van der Waals surface area contributed by atoms with Crippen LogP contribution in [0, 0.1) is 12.7 Å². The third-order valence-electron chi connectivity index (χ3n) is 4.81. The minimum absolute atomic E-state index is 0.142. The Balaban J connectivity index is 1.50. The summed E-state index contributed by atoms with van der Waals surface area (Å²) in [6, 6.07) is 13.4. The fourth-order valence-corrected chi connectivity index (χ4v) is 3.11. The number of hydrogen-bond donors (Lipinski definition) is 1. The molecule has 1 heterocycles. The lowest BCUT2D eigenvalue weighted by molar-refractivity contribution is 0.0951. The number of aromatic nitrogens is 3. The number of rotatable bonds is 6. The Morgan fingerprint density at radius 1 is 1.14 bits per heavy atom. The quantitative estimate of drug-likeness (QED) is 0.715. The molecular formula is C21H21FN4O2. The molecule has 28 heavy (non-hydrogen) atoms. The molecule has 7 heteroatoms. The maximum atomic E-state index is 13.2. The van der Waals surface area contributed by atoms with Crippen molar-refractivity contribution in [2.45, 2.75) is 32.4 Å². The summed E-state index contributed by atoms with van der Waals surface area (Å²) in [5, 5.41) is 7.26. The predicted octanol–water partition coefficient (Wildman–Crippen LogP) is 2.92. The number of aryl methyl sites for hydroxylation is 1. The second-order valence-electron chi connectivity index (χ2n) is 7.06. The molecule has 1 fully saturated rings. The van der Waals surface area contributed by atoms with Crippen LogP contribution in [-0.4, -0.2) is 26.8 Å². The molecule has 3 aromatic rings.